The quantitative estimate of drug-likeness (QED) is 0.754. The van der Waals surface area contributed by atoms with Crippen LogP contribution in [0.4, 0.5) is 0 Å². The lowest BCUT2D eigenvalue weighted by Gasteiger charge is -2.35. The average Bonchev–Trinajstić information content (AvgIpc) is 2.30. The van der Waals surface area contributed by atoms with Crippen LogP contribution in [0.3, 0.4) is 0 Å². The highest BCUT2D eigenvalue weighted by molar-refractivity contribution is 6.31. The number of halogens is 1. The Bertz CT molecular complexity index is 340. The van der Waals surface area contributed by atoms with Gasteiger partial charge < -0.3 is 4.90 Å². The molecule has 0 spiro atoms. The van der Waals surface area contributed by atoms with E-state index in [1.165, 1.54) is 31.5 Å². The fourth-order valence-electron chi connectivity index (χ4n) is 2.53. The first-order valence-electron chi connectivity index (χ1n) is 6.17. The van der Waals surface area contributed by atoms with Gasteiger partial charge in [-0.15, -0.1) is 0 Å². The van der Waals surface area contributed by atoms with Crippen molar-refractivity contribution in [2.45, 2.75) is 38.6 Å². The van der Waals surface area contributed by atoms with Crippen LogP contribution in [0.5, 0.6) is 0 Å². The molecule has 16 heavy (non-hydrogen) atoms. The number of benzene rings is 1. The molecule has 0 atom stereocenters. The monoisotopic (exact) mass is 237 g/mol. The summed E-state index contributed by atoms with van der Waals surface area (Å²) in [5.74, 6) is 0.656. The molecular formula is C14H20ClN. The molecule has 0 N–H and O–H groups in total. The first-order chi connectivity index (χ1) is 7.68. The second-order valence-electron chi connectivity index (χ2n) is 4.93. The van der Waals surface area contributed by atoms with Crippen LogP contribution in [0.25, 0.3) is 0 Å². The van der Waals surface area contributed by atoms with Crippen molar-refractivity contribution in [2.24, 2.45) is 0 Å². The number of hydrogen-bond donors (Lipinski definition) is 0. The molecule has 1 aliphatic heterocycles. The van der Waals surface area contributed by atoms with Gasteiger partial charge in [0.2, 0.25) is 0 Å². The Morgan fingerprint density at radius 2 is 1.81 bits per heavy atom. The van der Waals surface area contributed by atoms with E-state index in [1.807, 2.05) is 12.1 Å². The van der Waals surface area contributed by atoms with Gasteiger partial charge in [0.05, 0.1) is 0 Å². The molecule has 1 nitrogen and oxygen atoms in total. The van der Waals surface area contributed by atoms with Gasteiger partial charge in [-0.2, -0.15) is 0 Å². The lowest BCUT2D eigenvalue weighted by Crippen LogP contribution is -2.37. The zero-order chi connectivity index (χ0) is 11.5. The Labute approximate surface area is 103 Å². The molecule has 1 fully saturated rings. The van der Waals surface area contributed by atoms with Crippen molar-refractivity contribution in [3.8, 4) is 0 Å². The highest BCUT2D eigenvalue weighted by atomic mass is 35.5. The highest BCUT2D eigenvalue weighted by Crippen LogP contribution is 2.32. The average molecular weight is 238 g/mol. The summed E-state index contributed by atoms with van der Waals surface area (Å²) in [5.41, 5.74) is 1.34. The zero-order valence-corrected chi connectivity index (χ0v) is 10.9. The first-order valence-corrected chi connectivity index (χ1v) is 6.54. The van der Waals surface area contributed by atoms with E-state index in [0.717, 1.165) is 5.02 Å². The molecule has 0 radical (unpaired) electrons. The number of piperidine rings is 1. The highest BCUT2D eigenvalue weighted by Gasteiger charge is 2.22. The molecule has 2 heteroatoms. The Hall–Kier alpha value is -0.530. The summed E-state index contributed by atoms with van der Waals surface area (Å²) in [5, 5.41) is 0.936. The minimum absolute atomic E-state index is 0.656. The summed E-state index contributed by atoms with van der Waals surface area (Å²) in [6.07, 6.45) is 2.48. The minimum atomic E-state index is 0.656. The van der Waals surface area contributed by atoms with Crippen molar-refractivity contribution < 1.29 is 0 Å². The van der Waals surface area contributed by atoms with Crippen LogP contribution >= 0.6 is 11.6 Å². The van der Waals surface area contributed by atoms with Crippen LogP contribution in [0.15, 0.2) is 24.3 Å². The second kappa shape index (κ2) is 5.20. The van der Waals surface area contributed by atoms with Crippen LogP contribution in [-0.2, 0) is 0 Å². The van der Waals surface area contributed by atoms with Gasteiger partial charge in [-0.1, -0.05) is 29.8 Å². The fraction of sp³-hybridized carbons (Fsp3) is 0.571. The molecule has 0 saturated carbocycles. The zero-order valence-electron chi connectivity index (χ0n) is 10.1. The van der Waals surface area contributed by atoms with Gasteiger partial charge in [0.15, 0.2) is 0 Å². The topological polar surface area (TPSA) is 3.24 Å². The molecule has 0 bridgehead atoms. The Morgan fingerprint density at radius 1 is 1.19 bits per heavy atom. The molecule has 0 aliphatic carbocycles. The summed E-state index contributed by atoms with van der Waals surface area (Å²) in [4.78, 5) is 2.55. The van der Waals surface area contributed by atoms with E-state index >= 15 is 0 Å². The van der Waals surface area contributed by atoms with Crippen LogP contribution in [0.1, 0.15) is 38.2 Å². The fourth-order valence-corrected chi connectivity index (χ4v) is 2.82. The molecular weight excluding hydrogens is 218 g/mol. The van der Waals surface area contributed by atoms with Gasteiger partial charge in [0.25, 0.3) is 0 Å². The number of rotatable bonds is 2. The van der Waals surface area contributed by atoms with Crippen molar-refractivity contribution in [1.29, 1.82) is 0 Å². The standard InChI is InChI=1S/C14H20ClN/c1-11(2)16-9-7-12(8-10-16)13-5-3-4-6-14(13)15/h3-6,11-12H,7-10H2,1-2H3. The molecule has 0 amide bonds. The van der Waals surface area contributed by atoms with Crippen LogP contribution in [-0.4, -0.2) is 24.0 Å². The molecule has 1 aromatic rings. The Morgan fingerprint density at radius 3 is 2.38 bits per heavy atom. The molecule has 0 unspecified atom stereocenters. The van der Waals surface area contributed by atoms with Crippen molar-refractivity contribution in [2.75, 3.05) is 13.1 Å². The van der Waals surface area contributed by atoms with Gasteiger partial charge in [0, 0.05) is 11.1 Å². The number of likely N-dealkylation sites (tertiary alicyclic amines) is 1. The molecule has 1 aromatic carbocycles. The van der Waals surface area contributed by atoms with Crippen LogP contribution < -0.4 is 0 Å². The van der Waals surface area contributed by atoms with Crippen molar-refractivity contribution in [1.82, 2.24) is 4.90 Å². The van der Waals surface area contributed by atoms with E-state index in [-0.39, 0.29) is 0 Å². The van der Waals surface area contributed by atoms with Crippen molar-refractivity contribution in [3.05, 3.63) is 34.9 Å². The molecule has 0 aromatic heterocycles. The van der Waals surface area contributed by atoms with E-state index in [1.54, 1.807) is 0 Å². The molecule has 2 rings (SSSR count). The van der Waals surface area contributed by atoms with E-state index in [2.05, 4.69) is 30.9 Å². The summed E-state index contributed by atoms with van der Waals surface area (Å²) >= 11 is 6.24. The SMILES string of the molecule is CC(C)N1CCC(c2ccccc2Cl)CC1. The van der Waals surface area contributed by atoms with E-state index in [0.29, 0.717) is 12.0 Å². The molecule has 1 heterocycles. The van der Waals surface area contributed by atoms with E-state index in [9.17, 15) is 0 Å². The van der Waals surface area contributed by atoms with Gasteiger partial charge in [-0.05, 0) is 57.3 Å². The number of nitrogens with zero attached hydrogens (tertiary/aromatic N) is 1. The minimum Gasteiger partial charge on any atom is -0.301 e. The largest absolute Gasteiger partial charge is 0.301 e. The van der Waals surface area contributed by atoms with Gasteiger partial charge in [-0.25, -0.2) is 0 Å². The molecule has 88 valence electrons. The molecule has 1 saturated heterocycles. The summed E-state index contributed by atoms with van der Waals surface area (Å²) in [6, 6.07) is 8.96. The third-order valence-electron chi connectivity index (χ3n) is 3.60. The van der Waals surface area contributed by atoms with Crippen LogP contribution in [0.2, 0.25) is 5.02 Å². The Balaban J connectivity index is 2.02. The van der Waals surface area contributed by atoms with Crippen molar-refractivity contribution >= 4 is 11.6 Å². The van der Waals surface area contributed by atoms with Gasteiger partial charge in [-0.3, -0.25) is 0 Å². The smallest absolute Gasteiger partial charge is 0.0440 e. The van der Waals surface area contributed by atoms with Crippen LogP contribution in [0, 0.1) is 0 Å². The second-order valence-corrected chi connectivity index (χ2v) is 5.33. The summed E-state index contributed by atoms with van der Waals surface area (Å²) in [6.45, 7) is 6.95. The predicted octanol–water partition coefficient (Wildman–Crippen LogP) is 3.93. The maximum absolute atomic E-state index is 6.24. The number of hydrogen-bond acceptors (Lipinski definition) is 1. The molecule has 1 aliphatic rings. The van der Waals surface area contributed by atoms with E-state index < -0.39 is 0 Å². The lowest BCUT2D eigenvalue weighted by molar-refractivity contribution is 0.172. The third kappa shape index (κ3) is 2.58. The van der Waals surface area contributed by atoms with Gasteiger partial charge >= 0.3 is 0 Å². The normalized spacial score (nSPS) is 19.2. The van der Waals surface area contributed by atoms with Gasteiger partial charge in [0.1, 0.15) is 0 Å². The van der Waals surface area contributed by atoms with E-state index in [4.69, 9.17) is 11.6 Å². The van der Waals surface area contributed by atoms with Crippen molar-refractivity contribution in [3.63, 3.8) is 0 Å². The Kier molecular flexibility index (Phi) is 3.88. The summed E-state index contributed by atoms with van der Waals surface area (Å²) in [7, 11) is 0. The maximum atomic E-state index is 6.24. The lowest BCUT2D eigenvalue weighted by atomic mass is 9.89. The maximum Gasteiger partial charge on any atom is 0.0440 e. The predicted molar refractivity (Wildman–Crippen MR) is 70.1 cm³/mol. The third-order valence-corrected chi connectivity index (χ3v) is 3.95. The first kappa shape index (κ1) is 11.9. The summed E-state index contributed by atoms with van der Waals surface area (Å²) < 4.78 is 0.